The number of rotatable bonds is 3. The second-order valence-corrected chi connectivity index (χ2v) is 9.05. The van der Waals surface area contributed by atoms with Crippen molar-refractivity contribution >= 4 is 11.6 Å². The third kappa shape index (κ3) is 3.37. The molecular formula is C27H29NO. The molecule has 0 aliphatic carbocycles. The summed E-state index contributed by atoms with van der Waals surface area (Å²) in [5, 5.41) is 0. The topological polar surface area (TPSA) is 20.3 Å². The Balaban J connectivity index is 1.85. The molecule has 2 nitrogen and oxygen atoms in total. The molecule has 1 heterocycles. The smallest absolute Gasteiger partial charge is 0.231 e. The largest absolute Gasteiger partial charge is 0.306 e. The highest BCUT2D eigenvalue weighted by Gasteiger charge is 2.48. The van der Waals surface area contributed by atoms with E-state index in [1.165, 1.54) is 11.1 Å². The molecule has 29 heavy (non-hydrogen) atoms. The van der Waals surface area contributed by atoms with Gasteiger partial charge in [0.15, 0.2) is 0 Å². The summed E-state index contributed by atoms with van der Waals surface area (Å²) in [6, 6.07) is 27.2. The maximum atomic E-state index is 13.6. The van der Waals surface area contributed by atoms with Gasteiger partial charge in [0, 0.05) is 11.0 Å². The molecule has 0 unspecified atom stereocenters. The zero-order valence-corrected chi connectivity index (χ0v) is 17.8. The number of carbonyl (C=O) groups is 1. The van der Waals surface area contributed by atoms with E-state index in [1.807, 2.05) is 30.3 Å². The fraction of sp³-hybridized carbons (Fsp3) is 0.296. The Morgan fingerprint density at radius 3 is 2.14 bits per heavy atom. The second-order valence-electron chi connectivity index (χ2n) is 9.05. The quantitative estimate of drug-likeness (QED) is 0.538. The Bertz CT molecular complexity index is 1020. The summed E-state index contributed by atoms with van der Waals surface area (Å²) in [6.07, 6.45) is 1.29. The lowest BCUT2D eigenvalue weighted by Gasteiger charge is -2.52. The first-order valence-electron chi connectivity index (χ1n) is 10.4. The highest BCUT2D eigenvalue weighted by atomic mass is 16.2. The number of hydrogen-bond donors (Lipinski definition) is 0. The molecule has 0 radical (unpaired) electrons. The van der Waals surface area contributed by atoms with Gasteiger partial charge in [-0.1, -0.05) is 85.8 Å². The number of benzene rings is 3. The molecule has 0 spiro atoms. The van der Waals surface area contributed by atoms with Crippen molar-refractivity contribution in [3.8, 4) is 0 Å². The molecule has 3 aromatic rings. The average Bonchev–Trinajstić information content (AvgIpc) is 2.69. The van der Waals surface area contributed by atoms with Gasteiger partial charge in [0.1, 0.15) is 0 Å². The van der Waals surface area contributed by atoms with Crippen LogP contribution in [0.25, 0.3) is 0 Å². The molecule has 1 amide bonds. The van der Waals surface area contributed by atoms with E-state index >= 15 is 0 Å². The van der Waals surface area contributed by atoms with Gasteiger partial charge in [0.2, 0.25) is 5.91 Å². The fourth-order valence-corrected chi connectivity index (χ4v) is 5.12. The van der Waals surface area contributed by atoms with Crippen LogP contribution in [0.2, 0.25) is 0 Å². The Kier molecular flexibility index (Phi) is 4.82. The first-order valence-corrected chi connectivity index (χ1v) is 10.4. The highest BCUT2D eigenvalue weighted by Crippen LogP contribution is 2.51. The van der Waals surface area contributed by atoms with Crippen LogP contribution in [0, 0.1) is 6.92 Å². The zero-order chi connectivity index (χ0) is 20.6. The van der Waals surface area contributed by atoms with E-state index < -0.39 is 0 Å². The van der Waals surface area contributed by atoms with Crippen LogP contribution in [0.1, 0.15) is 49.4 Å². The van der Waals surface area contributed by atoms with Crippen molar-refractivity contribution in [3.63, 3.8) is 0 Å². The van der Waals surface area contributed by atoms with Gasteiger partial charge in [0.05, 0.1) is 12.1 Å². The van der Waals surface area contributed by atoms with E-state index in [0.29, 0.717) is 6.42 Å². The van der Waals surface area contributed by atoms with E-state index in [9.17, 15) is 4.79 Å². The summed E-state index contributed by atoms with van der Waals surface area (Å²) >= 11 is 0. The summed E-state index contributed by atoms with van der Waals surface area (Å²) in [5.41, 5.74) is 5.39. The van der Waals surface area contributed by atoms with Crippen molar-refractivity contribution in [2.24, 2.45) is 0 Å². The van der Waals surface area contributed by atoms with Gasteiger partial charge in [-0.3, -0.25) is 4.79 Å². The molecule has 0 N–H and O–H groups in total. The predicted molar refractivity (Wildman–Crippen MR) is 120 cm³/mol. The summed E-state index contributed by atoms with van der Waals surface area (Å²) in [7, 11) is 0. The van der Waals surface area contributed by atoms with Crippen molar-refractivity contribution < 1.29 is 4.79 Å². The van der Waals surface area contributed by atoms with Crippen LogP contribution in [-0.4, -0.2) is 11.4 Å². The molecule has 148 valence electrons. The Morgan fingerprint density at radius 1 is 0.862 bits per heavy atom. The molecule has 0 saturated heterocycles. The third-order valence-electron chi connectivity index (χ3n) is 6.31. The number of hydrogen-bond acceptors (Lipinski definition) is 1. The number of carbonyl (C=O) groups excluding carboxylic acids is 1. The molecule has 0 fully saturated rings. The van der Waals surface area contributed by atoms with Crippen LogP contribution in [0.3, 0.4) is 0 Å². The summed E-state index contributed by atoms with van der Waals surface area (Å²) in [4.78, 5) is 15.6. The van der Waals surface area contributed by atoms with E-state index in [-0.39, 0.29) is 16.9 Å². The molecule has 0 saturated carbocycles. The number of para-hydroxylation sites is 1. The van der Waals surface area contributed by atoms with Gasteiger partial charge in [-0.2, -0.15) is 0 Å². The summed E-state index contributed by atoms with van der Waals surface area (Å²) in [6.45, 7) is 8.84. The molecule has 0 aromatic heterocycles. The van der Waals surface area contributed by atoms with E-state index in [4.69, 9.17) is 0 Å². The van der Waals surface area contributed by atoms with Gasteiger partial charge >= 0.3 is 0 Å². The van der Waals surface area contributed by atoms with Crippen LogP contribution >= 0.6 is 0 Å². The van der Waals surface area contributed by atoms with Crippen molar-refractivity contribution in [2.75, 3.05) is 4.90 Å². The summed E-state index contributed by atoms with van der Waals surface area (Å²) in [5.74, 6) is 0.159. The zero-order valence-electron chi connectivity index (χ0n) is 17.8. The number of nitrogens with zero attached hydrogens (tertiary/aromatic N) is 1. The molecular weight excluding hydrogens is 354 g/mol. The van der Waals surface area contributed by atoms with Crippen LogP contribution in [-0.2, 0) is 16.6 Å². The molecule has 3 aromatic carbocycles. The van der Waals surface area contributed by atoms with Crippen molar-refractivity contribution in [1.29, 1.82) is 0 Å². The average molecular weight is 384 g/mol. The van der Waals surface area contributed by atoms with E-state index in [0.717, 1.165) is 23.2 Å². The van der Waals surface area contributed by atoms with Gasteiger partial charge in [-0.05, 0) is 49.4 Å². The minimum atomic E-state index is -0.296. The van der Waals surface area contributed by atoms with Gasteiger partial charge < -0.3 is 4.90 Å². The Hall–Kier alpha value is -2.87. The summed E-state index contributed by atoms with van der Waals surface area (Å²) < 4.78 is 0. The minimum Gasteiger partial charge on any atom is -0.306 e. The lowest BCUT2D eigenvalue weighted by Crippen LogP contribution is -2.56. The second kappa shape index (κ2) is 7.18. The lowest BCUT2D eigenvalue weighted by molar-refractivity contribution is -0.119. The lowest BCUT2D eigenvalue weighted by atomic mass is 9.64. The van der Waals surface area contributed by atoms with Crippen LogP contribution in [0.15, 0.2) is 78.9 Å². The van der Waals surface area contributed by atoms with Crippen LogP contribution < -0.4 is 4.90 Å². The van der Waals surface area contributed by atoms with E-state index in [2.05, 4.69) is 81.1 Å². The standard InChI is InChI=1S/C27H29NO/c1-20-12-11-17-23-25(20)28(24(29)18-21-13-7-5-8-14-21)26(2,3)19-27(23,4)22-15-9-6-10-16-22/h5-17H,18-19H2,1-4H3/t27-/m1/s1. The van der Waals surface area contributed by atoms with Crippen molar-refractivity contribution in [3.05, 3.63) is 101 Å². The van der Waals surface area contributed by atoms with Crippen LogP contribution in [0.4, 0.5) is 5.69 Å². The Labute approximate surface area is 174 Å². The molecule has 1 aliphatic heterocycles. The van der Waals surface area contributed by atoms with E-state index in [1.54, 1.807) is 0 Å². The third-order valence-corrected chi connectivity index (χ3v) is 6.31. The van der Waals surface area contributed by atoms with Crippen LogP contribution in [0.5, 0.6) is 0 Å². The molecule has 1 aliphatic rings. The van der Waals surface area contributed by atoms with Crippen molar-refractivity contribution in [1.82, 2.24) is 0 Å². The maximum Gasteiger partial charge on any atom is 0.231 e. The number of fused-ring (bicyclic) bond motifs is 1. The normalized spacial score (nSPS) is 20.2. The van der Waals surface area contributed by atoms with Gasteiger partial charge in [0.25, 0.3) is 0 Å². The van der Waals surface area contributed by atoms with Crippen molar-refractivity contribution in [2.45, 2.75) is 51.5 Å². The first-order chi connectivity index (χ1) is 13.8. The molecule has 4 rings (SSSR count). The molecule has 1 atom stereocenters. The molecule has 2 heteroatoms. The minimum absolute atomic E-state index is 0.143. The number of aryl methyl sites for hydroxylation is 1. The fourth-order valence-electron chi connectivity index (χ4n) is 5.12. The number of amides is 1. The maximum absolute atomic E-state index is 13.6. The molecule has 0 bridgehead atoms. The number of anilines is 1. The monoisotopic (exact) mass is 383 g/mol. The van der Waals surface area contributed by atoms with Gasteiger partial charge in [-0.15, -0.1) is 0 Å². The highest BCUT2D eigenvalue weighted by molar-refractivity contribution is 5.98. The Morgan fingerprint density at radius 2 is 1.48 bits per heavy atom. The van der Waals surface area contributed by atoms with Gasteiger partial charge in [-0.25, -0.2) is 0 Å². The SMILES string of the molecule is Cc1cccc2c1N(C(=O)Cc1ccccc1)C(C)(C)C[C@]2(C)c1ccccc1. The first kappa shape index (κ1) is 19.4. The predicted octanol–water partition coefficient (Wildman–Crippen LogP) is 6.06.